The molecule has 0 saturated heterocycles. The molecule has 0 aliphatic carbocycles. The second-order valence-electron chi connectivity index (χ2n) is 9.74. The highest BCUT2D eigenvalue weighted by atomic mass is 35.5. The minimum absolute atomic E-state index is 0.00313. The van der Waals surface area contributed by atoms with E-state index in [0.29, 0.717) is 31.2 Å². The van der Waals surface area contributed by atoms with Crippen molar-refractivity contribution in [2.24, 2.45) is 5.41 Å². The zero-order valence-corrected chi connectivity index (χ0v) is 22.6. The van der Waals surface area contributed by atoms with Gasteiger partial charge in [0.15, 0.2) is 5.69 Å². The highest BCUT2D eigenvalue weighted by Crippen LogP contribution is 2.30. The Labute approximate surface area is 221 Å². The minimum atomic E-state index is -0.821. The second kappa shape index (κ2) is 11.7. The first-order valence-electron chi connectivity index (χ1n) is 12.0. The molecule has 0 radical (unpaired) electrons. The average molecular weight is 530 g/mol. The number of carbonyl (C=O) groups excluding carboxylic acids is 2. The van der Waals surface area contributed by atoms with Crippen LogP contribution in [0, 0.1) is 5.41 Å². The van der Waals surface area contributed by atoms with Crippen molar-refractivity contribution in [3.05, 3.63) is 65.3 Å². The lowest BCUT2D eigenvalue weighted by Crippen LogP contribution is -2.53. The summed E-state index contributed by atoms with van der Waals surface area (Å²) in [5, 5.41) is 5.64. The number of anilines is 1. The van der Waals surface area contributed by atoms with E-state index in [0.717, 1.165) is 6.08 Å². The number of nitrogens with zero attached hydrogens (tertiary/aromatic N) is 5. The molecule has 198 valence electrons. The van der Waals surface area contributed by atoms with Crippen LogP contribution in [0.4, 0.5) is 10.3 Å². The van der Waals surface area contributed by atoms with Crippen LogP contribution in [0.1, 0.15) is 56.1 Å². The zero-order valence-electron chi connectivity index (χ0n) is 21.8. The van der Waals surface area contributed by atoms with Gasteiger partial charge in [-0.25, -0.2) is 19.3 Å². The van der Waals surface area contributed by atoms with Crippen LogP contribution in [0.25, 0.3) is 5.57 Å². The lowest BCUT2D eigenvalue weighted by atomic mass is 9.86. The first-order valence-corrected chi connectivity index (χ1v) is 12.4. The third-order valence-corrected chi connectivity index (χ3v) is 6.35. The quantitative estimate of drug-likeness (QED) is 0.526. The maximum Gasteiger partial charge on any atom is 0.272 e. The van der Waals surface area contributed by atoms with Crippen molar-refractivity contribution in [3.8, 4) is 0 Å². The highest BCUT2D eigenvalue weighted by molar-refractivity contribution is 6.31. The number of hydrogen-bond donors (Lipinski definition) is 2. The van der Waals surface area contributed by atoms with Crippen molar-refractivity contribution in [2.45, 2.75) is 53.2 Å². The van der Waals surface area contributed by atoms with E-state index in [1.165, 1.54) is 7.05 Å². The van der Waals surface area contributed by atoms with Crippen LogP contribution < -0.4 is 15.5 Å². The Kier molecular flexibility index (Phi) is 8.85. The molecule has 2 N–H and O–H groups in total. The van der Waals surface area contributed by atoms with Crippen LogP contribution in [0.5, 0.6) is 0 Å². The molecule has 1 aliphatic rings. The van der Waals surface area contributed by atoms with Gasteiger partial charge in [-0.05, 0) is 30.9 Å². The largest absolute Gasteiger partial charge is 0.357 e. The molecule has 11 heteroatoms. The molecule has 37 heavy (non-hydrogen) atoms. The molecule has 1 aliphatic heterocycles. The van der Waals surface area contributed by atoms with Gasteiger partial charge in [0.05, 0.1) is 12.2 Å². The third kappa shape index (κ3) is 6.43. The van der Waals surface area contributed by atoms with Gasteiger partial charge in [0.2, 0.25) is 11.9 Å². The lowest BCUT2D eigenvalue weighted by Gasteiger charge is -2.29. The number of aromatic nitrogens is 4. The summed E-state index contributed by atoms with van der Waals surface area (Å²) in [4.78, 5) is 41.3. The van der Waals surface area contributed by atoms with Gasteiger partial charge in [-0.15, -0.1) is 0 Å². The Hall–Kier alpha value is -3.53. The third-order valence-electron chi connectivity index (χ3n) is 6.02. The maximum atomic E-state index is 15.1. The first-order chi connectivity index (χ1) is 17.5. The molecular weight excluding hydrogens is 497 g/mol. The van der Waals surface area contributed by atoms with Crippen molar-refractivity contribution in [1.82, 2.24) is 30.2 Å². The molecule has 0 bridgehead atoms. The Morgan fingerprint density at radius 1 is 1.24 bits per heavy atom. The molecule has 0 saturated carbocycles. The van der Waals surface area contributed by atoms with E-state index in [4.69, 9.17) is 11.6 Å². The van der Waals surface area contributed by atoms with E-state index in [1.54, 1.807) is 36.0 Å². The van der Waals surface area contributed by atoms with E-state index in [9.17, 15) is 9.59 Å². The fraction of sp³-hybridized carbons (Fsp3) is 0.423. The average Bonchev–Trinajstić information content (AvgIpc) is 3.08. The Morgan fingerprint density at radius 3 is 2.51 bits per heavy atom. The van der Waals surface area contributed by atoms with Crippen molar-refractivity contribution in [2.75, 3.05) is 18.5 Å². The summed E-state index contributed by atoms with van der Waals surface area (Å²) in [7, 11) is 1.51. The Bertz CT molecular complexity index is 1230. The van der Waals surface area contributed by atoms with Crippen molar-refractivity contribution >= 4 is 34.9 Å². The molecule has 0 spiro atoms. The molecule has 9 nitrogen and oxygen atoms in total. The molecule has 0 aromatic carbocycles. The van der Waals surface area contributed by atoms with Gasteiger partial charge in [-0.3, -0.25) is 9.59 Å². The van der Waals surface area contributed by atoms with Gasteiger partial charge in [0.25, 0.3) is 5.91 Å². The van der Waals surface area contributed by atoms with Gasteiger partial charge in [0.1, 0.15) is 17.7 Å². The molecule has 1 atom stereocenters. The number of carbonyl (C=O) groups is 2. The minimum Gasteiger partial charge on any atom is -0.357 e. The van der Waals surface area contributed by atoms with Crippen molar-refractivity contribution in [1.29, 1.82) is 0 Å². The van der Waals surface area contributed by atoms with Crippen LogP contribution in [-0.2, 0) is 17.9 Å². The zero-order chi connectivity index (χ0) is 27.3. The number of fused-ring (bicyclic) bond motifs is 1. The van der Waals surface area contributed by atoms with Crippen molar-refractivity contribution in [3.63, 3.8) is 0 Å². The fourth-order valence-electron chi connectivity index (χ4n) is 4.02. The van der Waals surface area contributed by atoms with E-state index in [1.807, 2.05) is 25.7 Å². The van der Waals surface area contributed by atoms with E-state index >= 15 is 4.39 Å². The van der Waals surface area contributed by atoms with Gasteiger partial charge in [-0.1, -0.05) is 45.0 Å². The monoisotopic (exact) mass is 529 g/mol. The molecule has 0 unspecified atom stereocenters. The second-order valence-corrected chi connectivity index (χ2v) is 10.2. The smallest absolute Gasteiger partial charge is 0.272 e. The normalized spacial score (nSPS) is 15.5. The number of rotatable bonds is 7. The maximum absolute atomic E-state index is 15.1. The van der Waals surface area contributed by atoms with Gasteiger partial charge in [-0.2, -0.15) is 0 Å². The summed E-state index contributed by atoms with van der Waals surface area (Å²) in [6.07, 6.45) is 6.68. The lowest BCUT2D eigenvalue weighted by molar-refractivity contribution is -0.124. The highest BCUT2D eigenvalue weighted by Gasteiger charge is 2.35. The predicted octanol–water partition coefficient (Wildman–Crippen LogP) is 3.98. The molecule has 3 heterocycles. The predicted molar refractivity (Wildman–Crippen MR) is 143 cm³/mol. The van der Waals surface area contributed by atoms with Crippen LogP contribution >= 0.6 is 11.6 Å². The van der Waals surface area contributed by atoms with Gasteiger partial charge in [0, 0.05) is 43.1 Å². The molecule has 3 rings (SSSR count). The standard InChI is InChI=1S/C26H33ClFN7O2/c1-7-17(27)14-18(28)16(2)22-32-20(23(36)33-21(24(37)29-6)26(3,4)5)19-15-34(12-9-13-35(19)22)25-30-10-8-11-31-25/h7-8,10-11,14,21H,2,9,12-13,15H2,1,3-6H3,(H,29,37)(H,33,36)/b17-7+,18-14+/t21-/m1/s1. The molecule has 0 fully saturated rings. The Balaban J connectivity index is 2.10. The number of amides is 2. The van der Waals surface area contributed by atoms with Crippen LogP contribution in [0.15, 0.2) is 48.1 Å². The SMILES string of the molecule is C=C(/C(F)=C\C(Cl)=C/C)c1nc(C(=O)N[C@H](C(=O)NC)C(C)(C)C)c2n1CCCN(c1ncccn1)C2. The summed E-state index contributed by atoms with van der Waals surface area (Å²) in [6.45, 7) is 12.5. The first kappa shape index (κ1) is 28.0. The van der Waals surface area contributed by atoms with Gasteiger partial charge >= 0.3 is 0 Å². The Morgan fingerprint density at radius 2 is 1.92 bits per heavy atom. The molecule has 2 aromatic rings. The van der Waals surface area contributed by atoms with Crippen molar-refractivity contribution < 1.29 is 14.0 Å². The van der Waals surface area contributed by atoms with Crippen LogP contribution in [0.3, 0.4) is 0 Å². The molecule has 2 amide bonds. The molecular formula is C26H33ClFN7O2. The number of nitrogens with one attached hydrogen (secondary N) is 2. The number of allylic oxidation sites excluding steroid dienone is 5. The fourth-order valence-corrected chi connectivity index (χ4v) is 4.12. The summed E-state index contributed by atoms with van der Waals surface area (Å²) in [6, 6.07) is 0.904. The number of likely N-dealkylation sites (N-methyl/N-ethyl adjacent to an activating group) is 1. The van der Waals surface area contributed by atoms with E-state index < -0.39 is 23.2 Å². The van der Waals surface area contributed by atoms with Gasteiger partial charge < -0.3 is 20.1 Å². The number of halogens is 2. The molecule has 2 aromatic heterocycles. The van der Waals surface area contributed by atoms with Crippen LogP contribution in [0.2, 0.25) is 0 Å². The van der Waals surface area contributed by atoms with E-state index in [2.05, 4.69) is 32.2 Å². The summed E-state index contributed by atoms with van der Waals surface area (Å²) in [5.74, 6) is -0.804. The summed E-state index contributed by atoms with van der Waals surface area (Å²) >= 11 is 6.00. The van der Waals surface area contributed by atoms with Crippen LogP contribution in [-0.4, -0.2) is 51.0 Å². The summed E-state index contributed by atoms with van der Waals surface area (Å²) in [5.41, 5.74) is 0.0690. The number of imidazole rings is 1. The van der Waals surface area contributed by atoms with E-state index in [-0.39, 0.29) is 34.6 Å². The summed E-state index contributed by atoms with van der Waals surface area (Å²) < 4.78 is 16.9. The topological polar surface area (TPSA) is 105 Å². The number of hydrogen-bond acceptors (Lipinski definition) is 6.